The summed E-state index contributed by atoms with van der Waals surface area (Å²) in [5.74, 6) is -0.242. The molecule has 0 radical (unpaired) electrons. The van der Waals surface area contributed by atoms with E-state index in [1.165, 1.54) is 17.8 Å². The van der Waals surface area contributed by atoms with Crippen molar-refractivity contribution in [2.75, 3.05) is 0 Å². The number of rotatable bonds is 3. The van der Waals surface area contributed by atoms with E-state index in [9.17, 15) is 18.0 Å². The molecule has 0 saturated carbocycles. The first-order valence-electron chi connectivity index (χ1n) is 7.60. The van der Waals surface area contributed by atoms with Gasteiger partial charge in [-0.15, -0.1) is 0 Å². The van der Waals surface area contributed by atoms with Crippen molar-refractivity contribution < 1.29 is 18.0 Å². The van der Waals surface area contributed by atoms with Gasteiger partial charge in [-0.1, -0.05) is 47.7 Å². The highest BCUT2D eigenvalue weighted by Crippen LogP contribution is 2.31. The molecule has 1 saturated heterocycles. The number of carbonyl (C=O) groups excluding carboxylic acids is 1. The zero-order chi connectivity index (χ0) is 18.0. The van der Waals surface area contributed by atoms with E-state index in [0.717, 1.165) is 17.7 Å². The Balaban J connectivity index is 1.72. The van der Waals surface area contributed by atoms with Crippen LogP contribution in [0.25, 0.3) is 0 Å². The van der Waals surface area contributed by atoms with Crippen LogP contribution in [0.1, 0.15) is 16.7 Å². The van der Waals surface area contributed by atoms with Crippen LogP contribution in [-0.2, 0) is 17.4 Å². The Morgan fingerprint density at radius 1 is 1.16 bits per heavy atom. The van der Waals surface area contributed by atoms with Gasteiger partial charge < -0.3 is 5.32 Å². The van der Waals surface area contributed by atoms with Crippen LogP contribution in [0.4, 0.5) is 18.9 Å². The maximum atomic E-state index is 12.8. The second kappa shape index (κ2) is 6.92. The van der Waals surface area contributed by atoms with E-state index in [1.807, 2.05) is 31.2 Å². The highest BCUT2D eigenvalue weighted by molar-refractivity contribution is 8.15. The summed E-state index contributed by atoms with van der Waals surface area (Å²) < 4.78 is 38.4. The van der Waals surface area contributed by atoms with Crippen molar-refractivity contribution in [2.24, 2.45) is 4.99 Å². The van der Waals surface area contributed by atoms with Crippen LogP contribution in [0, 0.1) is 6.92 Å². The van der Waals surface area contributed by atoms with Gasteiger partial charge in [-0.05, 0) is 37.1 Å². The van der Waals surface area contributed by atoms with Gasteiger partial charge in [0.25, 0.3) is 0 Å². The average Bonchev–Trinajstić information content (AvgIpc) is 2.88. The van der Waals surface area contributed by atoms with Crippen molar-refractivity contribution in [3.05, 3.63) is 65.2 Å². The number of amides is 1. The van der Waals surface area contributed by atoms with Crippen molar-refractivity contribution >= 4 is 28.5 Å². The van der Waals surface area contributed by atoms with Gasteiger partial charge in [0, 0.05) is 0 Å². The van der Waals surface area contributed by atoms with Gasteiger partial charge in [0.05, 0.1) is 16.5 Å². The standard InChI is InChI=1S/C18H15F3N2OS/c1-11-5-7-14(8-6-11)22-17-23-16(24)15(25-17)10-12-3-2-4-13(9-12)18(19,20)21/h2-9,15H,10H2,1H3,(H,22,23,24)/t15-/m1/s1. The van der Waals surface area contributed by atoms with E-state index in [4.69, 9.17) is 0 Å². The summed E-state index contributed by atoms with van der Waals surface area (Å²) in [7, 11) is 0. The largest absolute Gasteiger partial charge is 0.416 e. The zero-order valence-electron chi connectivity index (χ0n) is 13.3. The SMILES string of the molecule is Cc1ccc(N=C2NC(=O)[C@@H](Cc3cccc(C(F)(F)F)c3)S2)cc1. The molecule has 2 aromatic rings. The predicted octanol–water partition coefficient (Wildman–Crippen LogP) is 4.48. The molecule has 3 rings (SSSR count). The number of hydrogen-bond acceptors (Lipinski definition) is 3. The maximum Gasteiger partial charge on any atom is 0.416 e. The summed E-state index contributed by atoms with van der Waals surface area (Å²) in [6.07, 6.45) is -4.17. The monoisotopic (exact) mass is 364 g/mol. The van der Waals surface area contributed by atoms with Gasteiger partial charge >= 0.3 is 6.18 Å². The first-order valence-corrected chi connectivity index (χ1v) is 8.48. The lowest BCUT2D eigenvalue weighted by atomic mass is 10.1. The summed E-state index contributed by atoms with van der Waals surface area (Å²) in [6.45, 7) is 1.97. The normalized spacial score (nSPS) is 19.3. The van der Waals surface area contributed by atoms with Gasteiger partial charge in [-0.3, -0.25) is 4.79 Å². The average molecular weight is 364 g/mol. The molecular formula is C18H15F3N2OS. The quantitative estimate of drug-likeness (QED) is 0.873. The van der Waals surface area contributed by atoms with Gasteiger partial charge in [0.2, 0.25) is 5.91 Å². The minimum atomic E-state index is -4.39. The number of carbonyl (C=O) groups is 1. The lowest BCUT2D eigenvalue weighted by Crippen LogP contribution is -2.26. The molecule has 1 aliphatic heterocycles. The van der Waals surface area contributed by atoms with E-state index in [0.29, 0.717) is 16.4 Å². The molecule has 0 bridgehead atoms. The third-order valence-corrected chi connectivity index (χ3v) is 4.80. The van der Waals surface area contributed by atoms with Crippen LogP contribution in [0.5, 0.6) is 0 Å². The topological polar surface area (TPSA) is 41.5 Å². The molecular weight excluding hydrogens is 349 g/mol. The fourth-order valence-corrected chi connectivity index (χ4v) is 3.45. The smallest absolute Gasteiger partial charge is 0.304 e. The Labute approximate surface area is 147 Å². The number of hydrogen-bond donors (Lipinski definition) is 1. The molecule has 7 heteroatoms. The van der Waals surface area contributed by atoms with Crippen LogP contribution in [-0.4, -0.2) is 16.3 Å². The number of aliphatic imine (C=N–C) groups is 1. The fourth-order valence-electron chi connectivity index (χ4n) is 2.42. The van der Waals surface area contributed by atoms with Gasteiger partial charge in [-0.2, -0.15) is 13.2 Å². The number of amidine groups is 1. The van der Waals surface area contributed by atoms with Crippen molar-refractivity contribution in [1.29, 1.82) is 0 Å². The van der Waals surface area contributed by atoms with Gasteiger partial charge in [0.15, 0.2) is 5.17 Å². The Morgan fingerprint density at radius 3 is 2.56 bits per heavy atom. The second-order valence-corrected chi connectivity index (χ2v) is 6.94. The first kappa shape index (κ1) is 17.5. The molecule has 2 aromatic carbocycles. The van der Waals surface area contributed by atoms with Crippen LogP contribution in [0.3, 0.4) is 0 Å². The molecule has 1 aliphatic rings. The molecule has 0 spiro atoms. The summed E-state index contributed by atoms with van der Waals surface area (Å²) in [6, 6.07) is 12.6. The summed E-state index contributed by atoms with van der Waals surface area (Å²) in [4.78, 5) is 16.4. The highest BCUT2D eigenvalue weighted by Gasteiger charge is 2.33. The zero-order valence-corrected chi connectivity index (χ0v) is 14.1. The second-order valence-electron chi connectivity index (χ2n) is 5.75. The van der Waals surface area contributed by atoms with Crippen LogP contribution in [0.15, 0.2) is 53.5 Å². The van der Waals surface area contributed by atoms with Crippen molar-refractivity contribution in [2.45, 2.75) is 24.8 Å². The molecule has 3 nitrogen and oxygen atoms in total. The van der Waals surface area contributed by atoms with Crippen molar-refractivity contribution in [3.63, 3.8) is 0 Å². The Hall–Kier alpha value is -2.28. The van der Waals surface area contributed by atoms with E-state index in [-0.39, 0.29) is 12.3 Å². The number of aryl methyl sites for hydroxylation is 1. The van der Waals surface area contributed by atoms with Crippen molar-refractivity contribution in [3.8, 4) is 0 Å². The fraction of sp³-hybridized carbons (Fsp3) is 0.222. The molecule has 25 heavy (non-hydrogen) atoms. The van der Waals surface area contributed by atoms with Crippen molar-refractivity contribution in [1.82, 2.24) is 5.32 Å². The molecule has 0 aliphatic carbocycles. The Bertz CT molecular complexity index is 816. The van der Waals surface area contributed by atoms with E-state index in [1.54, 1.807) is 6.07 Å². The number of nitrogens with one attached hydrogen (secondary N) is 1. The number of alkyl halides is 3. The summed E-state index contributed by atoms with van der Waals surface area (Å²) in [5, 5.41) is 2.65. The Morgan fingerprint density at radius 2 is 1.88 bits per heavy atom. The van der Waals surface area contributed by atoms with Crippen LogP contribution >= 0.6 is 11.8 Å². The summed E-state index contributed by atoms with van der Waals surface area (Å²) in [5.41, 5.74) is 1.59. The minimum Gasteiger partial charge on any atom is -0.304 e. The lowest BCUT2D eigenvalue weighted by molar-refractivity contribution is -0.137. The Kier molecular flexibility index (Phi) is 4.85. The van der Waals surface area contributed by atoms with E-state index < -0.39 is 17.0 Å². The molecule has 1 fully saturated rings. The lowest BCUT2D eigenvalue weighted by Gasteiger charge is -2.10. The molecule has 1 amide bonds. The number of thioether (sulfide) groups is 1. The molecule has 0 aromatic heterocycles. The van der Waals surface area contributed by atoms with E-state index in [2.05, 4.69) is 10.3 Å². The van der Waals surface area contributed by atoms with Crippen LogP contribution in [0.2, 0.25) is 0 Å². The van der Waals surface area contributed by atoms with E-state index >= 15 is 0 Å². The molecule has 1 atom stereocenters. The molecule has 130 valence electrons. The number of benzene rings is 2. The first-order chi connectivity index (χ1) is 11.8. The molecule has 1 N–H and O–H groups in total. The van der Waals surface area contributed by atoms with Gasteiger partial charge in [0.1, 0.15) is 0 Å². The van der Waals surface area contributed by atoms with Crippen LogP contribution < -0.4 is 5.32 Å². The summed E-state index contributed by atoms with van der Waals surface area (Å²) >= 11 is 1.23. The third-order valence-electron chi connectivity index (χ3n) is 3.72. The maximum absolute atomic E-state index is 12.8. The number of nitrogens with zero attached hydrogens (tertiary/aromatic N) is 1. The number of halogens is 3. The van der Waals surface area contributed by atoms with Gasteiger partial charge in [-0.25, -0.2) is 4.99 Å². The minimum absolute atomic E-state index is 0.216. The predicted molar refractivity (Wildman–Crippen MR) is 92.9 cm³/mol. The third kappa shape index (κ3) is 4.42. The molecule has 1 heterocycles. The highest BCUT2D eigenvalue weighted by atomic mass is 32.2. The molecule has 0 unspecified atom stereocenters.